The molecule has 0 aliphatic heterocycles. The number of aromatic nitrogens is 2. The number of halogens is 1. The summed E-state index contributed by atoms with van der Waals surface area (Å²) in [6.07, 6.45) is 0. The predicted molar refractivity (Wildman–Crippen MR) is 75.5 cm³/mol. The van der Waals surface area contributed by atoms with Gasteiger partial charge in [-0.05, 0) is 31.2 Å². The summed E-state index contributed by atoms with van der Waals surface area (Å²) < 4.78 is 13.5. The number of carbonyl (C=O) groups excluding carboxylic acids is 1. The van der Waals surface area contributed by atoms with E-state index in [1.807, 2.05) is 0 Å². The number of nitrogens with zero attached hydrogens (tertiary/aromatic N) is 2. The molecule has 0 aliphatic carbocycles. The Balaban J connectivity index is 2.04. The molecule has 0 unspecified atom stereocenters. The van der Waals surface area contributed by atoms with Crippen molar-refractivity contribution >= 4 is 34.0 Å². The van der Waals surface area contributed by atoms with Crippen molar-refractivity contribution in [3.63, 3.8) is 0 Å². The molecule has 0 spiro atoms. The van der Waals surface area contributed by atoms with Crippen LogP contribution < -0.4 is 5.32 Å². The van der Waals surface area contributed by atoms with Crippen molar-refractivity contribution in [3.05, 3.63) is 35.6 Å². The van der Waals surface area contributed by atoms with Crippen LogP contribution in [-0.2, 0) is 0 Å². The predicted octanol–water partition coefficient (Wildman–Crippen LogP) is 3.08. The number of rotatable bonds is 5. The standard InChI is InChI=1S/C12H12FN3OS2/c1-7(18-12-16-15-11(14-2)19-12)10(17)8-3-5-9(13)6-4-8/h3-7H,1-2H3,(H,14,15)/t7-/m0/s1. The molecule has 1 atom stereocenters. The Bertz CT molecular complexity index is 571. The summed E-state index contributed by atoms with van der Waals surface area (Å²) in [5, 5.41) is 11.2. The summed E-state index contributed by atoms with van der Waals surface area (Å²) in [7, 11) is 1.77. The molecule has 0 fully saturated rings. The first-order chi connectivity index (χ1) is 9.10. The number of hydrogen-bond acceptors (Lipinski definition) is 6. The SMILES string of the molecule is CNc1nnc(S[C@@H](C)C(=O)c2ccc(F)cc2)s1. The van der Waals surface area contributed by atoms with Gasteiger partial charge in [-0.1, -0.05) is 23.1 Å². The van der Waals surface area contributed by atoms with Crippen LogP contribution in [0.5, 0.6) is 0 Å². The number of carbonyl (C=O) groups is 1. The van der Waals surface area contributed by atoms with Gasteiger partial charge in [0.1, 0.15) is 5.82 Å². The van der Waals surface area contributed by atoms with Gasteiger partial charge in [-0.2, -0.15) is 0 Å². The summed E-state index contributed by atoms with van der Waals surface area (Å²) >= 11 is 2.74. The molecule has 19 heavy (non-hydrogen) atoms. The number of hydrogen-bond donors (Lipinski definition) is 1. The number of thioether (sulfide) groups is 1. The molecule has 1 aromatic heterocycles. The second-order valence-electron chi connectivity index (χ2n) is 3.75. The van der Waals surface area contributed by atoms with Crippen LogP contribution in [0, 0.1) is 5.82 Å². The van der Waals surface area contributed by atoms with Gasteiger partial charge in [-0.25, -0.2) is 4.39 Å². The highest BCUT2D eigenvalue weighted by molar-refractivity contribution is 8.02. The first kappa shape index (κ1) is 14.0. The molecule has 0 amide bonds. The van der Waals surface area contributed by atoms with Crippen LogP contribution in [0.15, 0.2) is 28.6 Å². The zero-order valence-corrected chi connectivity index (χ0v) is 12.0. The third-order valence-corrected chi connectivity index (χ3v) is 4.52. The smallest absolute Gasteiger partial charge is 0.206 e. The topological polar surface area (TPSA) is 54.9 Å². The van der Waals surface area contributed by atoms with E-state index >= 15 is 0 Å². The van der Waals surface area contributed by atoms with Crippen LogP contribution in [0.4, 0.5) is 9.52 Å². The molecule has 1 aromatic carbocycles. The van der Waals surface area contributed by atoms with Crippen LogP contribution in [0.1, 0.15) is 17.3 Å². The molecule has 0 aliphatic rings. The van der Waals surface area contributed by atoms with Crippen LogP contribution in [-0.4, -0.2) is 28.3 Å². The average molecular weight is 297 g/mol. The fourth-order valence-corrected chi connectivity index (χ4v) is 3.34. The molecule has 1 N–H and O–H groups in total. The highest BCUT2D eigenvalue weighted by Gasteiger charge is 2.18. The van der Waals surface area contributed by atoms with Gasteiger partial charge in [-0.15, -0.1) is 10.2 Å². The lowest BCUT2D eigenvalue weighted by molar-refractivity contribution is 0.0994. The number of anilines is 1. The lowest BCUT2D eigenvalue weighted by Gasteiger charge is -2.07. The van der Waals surface area contributed by atoms with Crippen molar-refractivity contribution in [2.45, 2.75) is 16.5 Å². The average Bonchev–Trinajstić information content (AvgIpc) is 2.86. The van der Waals surface area contributed by atoms with Crippen molar-refractivity contribution in [3.8, 4) is 0 Å². The van der Waals surface area contributed by atoms with Gasteiger partial charge >= 0.3 is 0 Å². The first-order valence-electron chi connectivity index (χ1n) is 5.58. The van der Waals surface area contributed by atoms with E-state index in [9.17, 15) is 9.18 Å². The van der Waals surface area contributed by atoms with Crippen LogP contribution in [0.25, 0.3) is 0 Å². The lowest BCUT2D eigenvalue weighted by atomic mass is 10.1. The summed E-state index contributed by atoms with van der Waals surface area (Å²) in [5.74, 6) is -0.397. The molecule has 1 heterocycles. The van der Waals surface area contributed by atoms with Crippen molar-refractivity contribution in [1.29, 1.82) is 0 Å². The van der Waals surface area contributed by atoms with Crippen molar-refractivity contribution in [2.24, 2.45) is 0 Å². The number of nitrogens with one attached hydrogen (secondary N) is 1. The fraction of sp³-hybridized carbons (Fsp3) is 0.250. The van der Waals surface area contributed by atoms with Gasteiger partial charge in [0.05, 0.1) is 5.25 Å². The quantitative estimate of drug-likeness (QED) is 0.679. The zero-order valence-electron chi connectivity index (χ0n) is 10.4. The van der Waals surface area contributed by atoms with E-state index in [2.05, 4.69) is 15.5 Å². The molecule has 2 rings (SSSR count). The van der Waals surface area contributed by atoms with Gasteiger partial charge < -0.3 is 5.32 Å². The number of benzene rings is 1. The van der Waals surface area contributed by atoms with E-state index in [0.29, 0.717) is 10.7 Å². The minimum absolute atomic E-state index is 0.0498. The maximum absolute atomic E-state index is 12.8. The van der Waals surface area contributed by atoms with Crippen LogP contribution >= 0.6 is 23.1 Å². The molecular weight excluding hydrogens is 285 g/mol. The van der Waals surface area contributed by atoms with E-state index in [4.69, 9.17) is 0 Å². The molecule has 4 nitrogen and oxygen atoms in total. The molecule has 0 bridgehead atoms. The Morgan fingerprint density at radius 2 is 2.05 bits per heavy atom. The fourth-order valence-electron chi connectivity index (χ4n) is 1.41. The Hall–Kier alpha value is -1.47. The summed E-state index contributed by atoms with van der Waals surface area (Å²) in [5.41, 5.74) is 0.500. The van der Waals surface area contributed by atoms with Gasteiger partial charge in [-0.3, -0.25) is 4.79 Å². The lowest BCUT2D eigenvalue weighted by Crippen LogP contribution is -2.13. The normalized spacial score (nSPS) is 12.2. The Morgan fingerprint density at radius 1 is 1.37 bits per heavy atom. The van der Waals surface area contributed by atoms with Crippen molar-refractivity contribution in [1.82, 2.24) is 10.2 Å². The van der Waals surface area contributed by atoms with E-state index < -0.39 is 0 Å². The molecule has 0 saturated carbocycles. The zero-order chi connectivity index (χ0) is 13.8. The molecular formula is C12H12FN3OS2. The van der Waals surface area contributed by atoms with Gasteiger partial charge in [0.15, 0.2) is 10.1 Å². The van der Waals surface area contributed by atoms with Crippen LogP contribution in [0.2, 0.25) is 0 Å². The van der Waals surface area contributed by atoms with Gasteiger partial charge in [0, 0.05) is 12.6 Å². The summed E-state index contributed by atoms with van der Waals surface area (Å²) in [4.78, 5) is 12.1. The van der Waals surface area contributed by atoms with E-state index in [1.165, 1.54) is 47.4 Å². The third-order valence-electron chi connectivity index (χ3n) is 2.40. The van der Waals surface area contributed by atoms with Crippen molar-refractivity contribution in [2.75, 3.05) is 12.4 Å². The highest BCUT2D eigenvalue weighted by Crippen LogP contribution is 2.30. The highest BCUT2D eigenvalue weighted by atomic mass is 32.2. The van der Waals surface area contributed by atoms with E-state index in [1.54, 1.807) is 14.0 Å². The molecule has 7 heteroatoms. The van der Waals surface area contributed by atoms with E-state index in [-0.39, 0.29) is 16.9 Å². The molecule has 0 saturated heterocycles. The molecule has 2 aromatic rings. The maximum atomic E-state index is 12.8. The second kappa shape index (κ2) is 6.12. The Labute approximate surface area is 118 Å². The minimum Gasteiger partial charge on any atom is -0.363 e. The minimum atomic E-state index is -0.348. The molecule has 0 radical (unpaired) electrons. The third kappa shape index (κ3) is 3.51. The Morgan fingerprint density at radius 3 is 2.63 bits per heavy atom. The monoisotopic (exact) mass is 297 g/mol. The summed E-state index contributed by atoms with van der Waals surface area (Å²) in [6, 6.07) is 5.56. The maximum Gasteiger partial charge on any atom is 0.206 e. The molecule has 100 valence electrons. The van der Waals surface area contributed by atoms with Crippen LogP contribution in [0.3, 0.4) is 0 Å². The Kier molecular flexibility index (Phi) is 4.49. The van der Waals surface area contributed by atoms with Gasteiger partial charge in [0.2, 0.25) is 5.13 Å². The van der Waals surface area contributed by atoms with Crippen molar-refractivity contribution < 1.29 is 9.18 Å². The van der Waals surface area contributed by atoms with E-state index in [0.717, 1.165) is 4.34 Å². The second-order valence-corrected chi connectivity index (χ2v) is 6.32. The van der Waals surface area contributed by atoms with Gasteiger partial charge in [0.25, 0.3) is 0 Å². The number of Topliss-reactive ketones (excluding diaryl/α,β-unsaturated/α-hetero) is 1. The number of ketones is 1. The summed E-state index contributed by atoms with van der Waals surface area (Å²) in [6.45, 7) is 1.80. The largest absolute Gasteiger partial charge is 0.363 e. The first-order valence-corrected chi connectivity index (χ1v) is 7.27.